The van der Waals surface area contributed by atoms with Crippen LogP contribution in [0.25, 0.3) is 0 Å². The Labute approximate surface area is 185 Å². The lowest BCUT2D eigenvalue weighted by molar-refractivity contribution is -0.131. The molecule has 1 atom stereocenters. The summed E-state index contributed by atoms with van der Waals surface area (Å²) in [5, 5.41) is 0.341. The number of ether oxygens (including phenoxy) is 1. The maximum absolute atomic E-state index is 13.1. The summed E-state index contributed by atoms with van der Waals surface area (Å²) in [5.41, 5.74) is 2.09. The maximum Gasteiger partial charge on any atom is 0.264 e. The van der Waals surface area contributed by atoms with Crippen molar-refractivity contribution in [1.82, 2.24) is 9.80 Å². The third kappa shape index (κ3) is 5.11. The van der Waals surface area contributed by atoms with E-state index in [0.29, 0.717) is 18.1 Å². The van der Waals surface area contributed by atoms with Gasteiger partial charge in [0.2, 0.25) is 10.0 Å². The molecule has 1 N–H and O–H groups in total. The SMILES string of the molecule is CS(=O)(=O)Nc1cc(Cl)ccc1OCC(=O)N1CC2CC1=CN2Cc1ccc(F)cc1. The number of nitrogens with one attached hydrogen (secondary N) is 1. The molecule has 0 spiro atoms. The number of hydrogen-bond acceptors (Lipinski definition) is 5. The number of anilines is 1. The van der Waals surface area contributed by atoms with Crippen molar-refractivity contribution in [2.24, 2.45) is 0 Å². The van der Waals surface area contributed by atoms with Crippen LogP contribution in [0.15, 0.2) is 54.4 Å². The van der Waals surface area contributed by atoms with Gasteiger partial charge in [-0.3, -0.25) is 9.52 Å². The second kappa shape index (κ2) is 8.39. The summed E-state index contributed by atoms with van der Waals surface area (Å²) in [6.07, 6.45) is 3.73. The van der Waals surface area contributed by atoms with Gasteiger partial charge in [-0.05, 0) is 35.9 Å². The van der Waals surface area contributed by atoms with Crippen molar-refractivity contribution in [3.63, 3.8) is 0 Å². The minimum atomic E-state index is -3.53. The predicted molar refractivity (Wildman–Crippen MR) is 116 cm³/mol. The average molecular weight is 466 g/mol. The minimum absolute atomic E-state index is 0.169. The highest BCUT2D eigenvalue weighted by molar-refractivity contribution is 7.92. The zero-order valence-electron chi connectivity index (χ0n) is 16.7. The quantitative estimate of drug-likeness (QED) is 0.679. The molecule has 2 aliphatic rings. The predicted octanol–water partition coefficient (Wildman–Crippen LogP) is 3.19. The van der Waals surface area contributed by atoms with E-state index in [1.165, 1.54) is 24.3 Å². The molecule has 1 saturated heterocycles. The zero-order valence-corrected chi connectivity index (χ0v) is 18.3. The molecule has 2 aromatic carbocycles. The number of likely N-dealkylation sites (tertiary alicyclic amines) is 1. The van der Waals surface area contributed by atoms with Crippen LogP contribution in [0.2, 0.25) is 5.02 Å². The van der Waals surface area contributed by atoms with E-state index >= 15 is 0 Å². The molecule has 0 radical (unpaired) electrons. The number of carbonyl (C=O) groups excluding carboxylic acids is 1. The molecule has 2 aromatic rings. The molecule has 2 bridgehead atoms. The number of nitrogens with zero attached hydrogens (tertiary/aromatic N) is 2. The van der Waals surface area contributed by atoms with Gasteiger partial charge in [0.25, 0.3) is 5.91 Å². The monoisotopic (exact) mass is 465 g/mol. The molecule has 0 aromatic heterocycles. The number of sulfonamides is 1. The third-order valence-corrected chi connectivity index (χ3v) is 5.96. The number of hydrogen-bond donors (Lipinski definition) is 1. The van der Waals surface area contributed by atoms with E-state index in [4.69, 9.17) is 16.3 Å². The highest BCUT2D eigenvalue weighted by Gasteiger charge is 2.39. The summed E-state index contributed by atoms with van der Waals surface area (Å²) in [6.45, 7) is 0.963. The smallest absolute Gasteiger partial charge is 0.264 e. The highest BCUT2D eigenvalue weighted by atomic mass is 35.5. The first-order valence-corrected chi connectivity index (χ1v) is 11.9. The van der Waals surface area contributed by atoms with Gasteiger partial charge < -0.3 is 14.5 Å². The number of halogens is 2. The standard InChI is InChI=1S/C21H21ClFN3O4S/c1-31(28,29)24-19-8-15(22)4-7-20(19)30-13-21(27)26-12-17-9-18(26)11-25(17)10-14-2-5-16(23)6-3-14/h2-8,11,17,24H,9-10,12-13H2,1H3. The minimum Gasteiger partial charge on any atom is -0.482 e. The number of rotatable bonds is 7. The highest BCUT2D eigenvalue weighted by Crippen LogP contribution is 2.34. The molecule has 2 aliphatic heterocycles. The number of amides is 1. The molecule has 1 unspecified atom stereocenters. The average Bonchev–Trinajstić information content (AvgIpc) is 3.28. The van der Waals surface area contributed by atoms with Crippen LogP contribution in [0.1, 0.15) is 12.0 Å². The maximum atomic E-state index is 13.1. The van der Waals surface area contributed by atoms with E-state index in [1.807, 2.05) is 6.20 Å². The van der Waals surface area contributed by atoms with Crippen LogP contribution in [0, 0.1) is 5.82 Å². The van der Waals surface area contributed by atoms with Gasteiger partial charge in [0.1, 0.15) is 11.6 Å². The Bertz CT molecular complexity index is 1140. The van der Waals surface area contributed by atoms with Crippen LogP contribution >= 0.6 is 11.6 Å². The first-order chi connectivity index (χ1) is 14.7. The second-order valence-corrected chi connectivity index (χ2v) is 9.77. The van der Waals surface area contributed by atoms with Gasteiger partial charge in [0.05, 0.1) is 18.0 Å². The van der Waals surface area contributed by atoms with E-state index in [0.717, 1.165) is 23.9 Å². The van der Waals surface area contributed by atoms with E-state index in [2.05, 4.69) is 9.62 Å². The normalized spacial score (nSPS) is 17.6. The Morgan fingerprint density at radius 2 is 2.00 bits per heavy atom. The number of carbonyl (C=O) groups is 1. The van der Waals surface area contributed by atoms with Crippen molar-refractivity contribution < 1.29 is 22.3 Å². The van der Waals surface area contributed by atoms with Crippen LogP contribution < -0.4 is 9.46 Å². The molecule has 164 valence electrons. The Balaban J connectivity index is 1.38. The summed E-state index contributed by atoms with van der Waals surface area (Å²) in [7, 11) is -3.53. The zero-order chi connectivity index (χ0) is 22.2. The van der Waals surface area contributed by atoms with Crippen LogP contribution in [-0.4, -0.2) is 49.6 Å². The molecule has 1 fully saturated rings. The lowest BCUT2D eigenvalue weighted by atomic mass is 10.2. The third-order valence-electron chi connectivity index (χ3n) is 5.14. The fourth-order valence-corrected chi connectivity index (χ4v) is 4.48. The summed E-state index contributed by atoms with van der Waals surface area (Å²) >= 11 is 5.94. The number of fused-ring (bicyclic) bond motifs is 2. The lowest BCUT2D eigenvalue weighted by Gasteiger charge is -2.30. The van der Waals surface area contributed by atoms with Crippen LogP contribution in [-0.2, 0) is 21.4 Å². The first kappa shape index (κ1) is 21.5. The molecule has 7 nitrogen and oxygen atoms in total. The molecule has 10 heteroatoms. The summed E-state index contributed by atoms with van der Waals surface area (Å²) in [6, 6.07) is 11.1. The molecule has 0 aliphatic carbocycles. The van der Waals surface area contributed by atoms with Gasteiger partial charge in [-0.15, -0.1) is 0 Å². The topological polar surface area (TPSA) is 78.9 Å². The van der Waals surface area contributed by atoms with Gasteiger partial charge in [-0.2, -0.15) is 0 Å². The van der Waals surface area contributed by atoms with Crippen molar-refractivity contribution >= 4 is 33.2 Å². The molecule has 0 saturated carbocycles. The van der Waals surface area contributed by atoms with Crippen molar-refractivity contribution in [2.75, 3.05) is 24.1 Å². The van der Waals surface area contributed by atoms with Gasteiger partial charge in [-0.25, -0.2) is 12.8 Å². The van der Waals surface area contributed by atoms with E-state index in [9.17, 15) is 17.6 Å². The van der Waals surface area contributed by atoms with E-state index < -0.39 is 10.0 Å². The Hall–Kier alpha value is -2.78. The molecule has 31 heavy (non-hydrogen) atoms. The summed E-state index contributed by atoms with van der Waals surface area (Å²) < 4.78 is 44.2. The van der Waals surface area contributed by atoms with Gasteiger partial charge in [0.15, 0.2) is 6.61 Å². The van der Waals surface area contributed by atoms with Crippen LogP contribution in [0.4, 0.5) is 10.1 Å². The fourth-order valence-electron chi connectivity index (χ4n) is 3.75. The molecule has 4 rings (SSSR count). The van der Waals surface area contributed by atoms with Crippen molar-refractivity contribution in [3.05, 3.63) is 70.8 Å². The second-order valence-electron chi connectivity index (χ2n) is 7.58. The fraction of sp³-hybridized carbons (Fsp3) is 0.286. The Kier molecular flexibility index (Phi) is 5.81. The largest absolute Gasteiger partial charge is 0.482 e. The molecular formula is C21H21ClFN3O4S. The summed E-state index contributed by atoms with van der Waals surface area (Å²) in [4.78, 5) is 16.5. The van der Waals surface area contributed by atoms with E-state index in [-0.39, 0.29) is 35.8 Å². The van der Waals surface area contributed by atoms with Crippen LogP contribution in [0.5, 0.6) is 5.75 Å². The Morgan fingerprint density at radius 3 is 2.65 bits per heavy atom. The molecule has 2 heterocycles. The lowest BCUT2D eigenvalue weighted by Crippen LogP contribution is -2.40. The van der Waals surface area contributed by atoms with Crippen LogP contribution in [0.3, 0.4) is 0 Å². The summed E-state index contributed by atoms with van der Waals surface area (Å²) in [5.74, 6) is -0.257. The van der Waals surface area contributed by atoms with Crippen molar-refractivity contribution in [3.8, 4) is 5.75 Å². The van der Waals surface area contributed by atoms with Gasteiger partial charge in [-0.1, -0.05) is 23.7 Å². The van der Waals surface area contributed by atoms with Gasteiger partial charge in [0, 0.05) is 36.4 Å². The molecular weight excluding hydrogens is 445 g/mol. The molecule has 1 amide bonds. The van der Waals surface area contributed by atoms with Gasteiger partial charge >= 0.3 is 0 Å². The van der Waals surface area contributed by atoms with Crippen molar-refractivity contribution in [2.45, 2.75) is 19.0 Å². The van der Waals surface area contributed by atoms with E-state index in [1.54, 1.807) is 23.1 Å². The Morgan fingerprint density at radius 1 is 1.26 bits per heavy atom. The number of benzene rings is 2. The first-order valence-electron chi connectivity index (χ1n) is 9.59. The van der Waals surface area contributed by atoms with Crippen molar-refractivity contribution in [1.29, 1.82) is 0 Å².